The summed E-state index contributed by atoms with van der Waals surface area (Å²) in [7, 11) is 2.61. The second-order valence-corrected chi connectivity index (χ2v) is 8.79. The van der Waals surface area contributed by atoms with Crippen LogP contribution in [0.1, 0.15) is 21.5 Å². The third kappa shape index (κ3) is 5.30. The van der Waals surface area contributed by atoms with Crippen LogP contribution in [0.4, 0.5) is 4.79 Å². The Morgan fingerprint density at radius 3 is 2.44 bits per heavy atom. The molecule has 0 spiro atoms. The maximum atomic E-state index is 12.5. The average molecular weight is 567 g/mol. The number of amides is 2. The van der Waals surface area contributed by atoms with Crippen LogP contribution in [0.3, 0.4) is 0 Å². The van der Waals surface area contributed by atoms with Gasteiger partial charge in [-0.3, -0.25) is 19.3 Å². The number of nitrogens with zero attached hydrogens (tertiary/aromatic N) is 1. The molecule has 2 aromatic rings. The third-order valence-corrected chi connectivity index (χ3v) is 6.13. The molecule has 166 valence electrons. The number of hydrogen-bond donors (Lipinski definition) is 0. The van der Waals surface area contributed by atoms with E-state index in [4.69, 9.17) is 9.47 Å². The van der Waals surface area contributed by atoms with Crippen LogP contribution >= 0.6 is 34.4 Å². The molecule has 1 saturated heterocycles. The maximum absolute atomic E-state index is 12.5. The molecule has 0 N–H and O–H groups in total. The Morgan fingerprint density at radius 2 is 1.81 bits per heavy atom. The molecule has 8 nitrogen and oxygen atoms in total. The van der Waals surface area contributed by atoms with Crippen molar-refractivity contribution in [3.05, 3.63) is 61.6 Å². The Hall–Kier alpha value is -2.86. The van der Waals surface area contributed by atoms with Gasteiger partial charge in [-0.25, -0.2) is 4.79 Å². The minimum atomic E-state index is -0.690. The van der Waals surface area contributed by atoms with Crippen LogP contribution in [0.2, 0.25) is 0 Å². The van der Waals surface area contributed by atoms with Gasteiger partial charge in [-0.2, -0.15) is 0 Å². The number of carbonyl (C=O) groups excluding carboxylic acids is 4. The first-order valence-corrected chi connectivity index (χ1v) is 11.1. The lowest BCUT2D eigenvalue weighted by atomic mass is 10.1. The van der Waals surface area contributed by atoms with E-state index in [9.17, 15) is 19.2 Å². The van der Waals surface area contributed by atoms with Gasteiger partial charge in [-0.1, -0.05) is 17.7 Å². The molecule has 1 heterocycles. The van der Waals surface area contributed by atoms with E-state index in [2.05, 4.69) is 4.74 Å². The number of methoxy groups -OCH3 is 2. The standard InChI is InChI=1S/C22H18INO7S/c1-12-4-6-14(7-5-12)21(27)31-19-15(23)8-13(9-16(19)29-2)10-17-20(26)24(22(28)32-17)11-18(25)30-3/h4-10H,11H2,1-3H3/b17-10-. The van der Waals surface area contributed by atoms with Gasteiger partial charge in [0.1, 0.15) is 6.54 Å². The lowest BCUT2D eigenvalue weighted by Crippen LogP contribution is -2.34. The van der Waals surface area contributed by atoms with E-state index >= 15 is 0 Å². The van der Waals surface area contributed by atoms with Crippen molar-refractivity contribution in [2.24, 2.45) is 0 Å². The fourth-order valence-electron chi connectivity index (χ4n) is 2.74. The predicted molar refractivity (Wildman–Crippen MR) is 127 cm³/mol. The van der Waals surface area contributed by atoms with Crippen molar-refractivity contribution in [1.82, 2.24) is 4.90 Å². The SMILES string of the molecule is COC(=O)CN1C(=O)S/C(=C\c2cc(I)c(OC(=O)c3ccc(C)cc3)c(OC)c2)C1=O. The summed E-state index contributed by atoms with van der Waals surface area (Å²) in [6.45, 7) is 1.47. The van der Waals surface area contributed by atoms with Crippen molar-refractivity contribution in [3.63, 3.8) is 0 Å². The topological polar surface area (TPSA) is 99.2 Å². The van der Waals surface area contributed by atoms with Crippen LogP contribution in [0, 0.1) is 10.5 Å². The highest BCUT2D eigenvalue weighted by molar-refractivity contribution is 14.1. The number of imide groups is 1. The first-order chi connectivity index (χ1) is 15.2. The molecule has 0 aliphatic carbocycles. The van der Waals surface area contributed by atoms with Gasteiger partial charge in [-0.05, 0) is 77.2 Å². The number of thioether (sulfide) groups is 1. The molecule has 1 aliphatic rings. The van der Waals surface area contributed by atoms with Gasteiger partial charge in [0.25, 0.3) is 11.1 Å². The highest BCUT2D eigenvalue weighted by Crippen LogP contribution is 2.37. The minimum absolute atomic E-state index is 0.154. The quantitative estimate of drug-likeness (QED) is 0.223. The number of rotatable bonds is 6. The number of carbonyl (C=O) groups is 4. The molecule has 1 fully saturated rings. The summed E-state index contributed by atoms with van der Waals surface area (Å²) < 4.78 is 16.0. The summed E-state index contributed by atoms with van der Waals surface area (Å²) in [4.78, 5) is 49.5. The van der Waals surface area contributed by atoms with Crippen molar-refractivity contribution in [1.29, 1.82) is 0 Å². The average Bonchev–Trinajstić information content (AvgIpc) is 3.02. The van der Waals surface area contributed by atoms with Crippen LogP contribution in [-0.2, 0) is 14.3 Å². The third-order valence-electron chi connectivity index (χ3n) is 4.42. The number of ether oxygens (including phenoxy) is 3. The molecule has 10 heteroatoms. The molecule has 1 aliphatic heterocycles. The summed E-state index contributed by atoms with van der Waals surface area (Å²) in [5.74, 6) is -1.27. The Kier molecular flexibility index (Phi) is 7.56. The lowest BCUT2D eigenvalue weighted by molar-refractivity contribution is -0.143. The fraction of sp³-hybridized carbons (Fsp3) is 0.182. The first-order valence-electron chi connectivity index (χ1n) is 9.22. The van der Waals surface area contributed by atoms with Crippen molar-refractivity contribution >= 4 is 63.5 Å². The Morgan fingerprint density at radius 1 is 1.12 bits per heavy atom. The van der Waals surface area contributed by atoms with E-state index in [1.54, 1.807) is 24.3 Å². The largest absolute Gasteiger partial charge is 0.493 e. The summed E-state index contributed by atoms with van der Waals surface area (Å²) >= 11 is 2.72. The summed E-state index contributed by atoms with van der Waals surface area (Å²) in [6.07, 6.45) is 1.51. The van der Waals surface area contributed by atoms with Gasteiger partial charge in [0, 0.05) is 0 Å². The number of esters is 2. The zero-order valence-corrected chi connectivity index (χ0v) is 20.3. The zero-order valence-electron chi connectivity index (χ0n) is 17.3. The number of halogens is 1. The van der Waals surface area contributed by atoms with E-state index in [0.717, 1.165) is 22.2 Å². The van der Waals surface area contributed by atoms with Gasteiger partial charge < -0.3 is 14.2 Å². The van der Waals surface area contributed by atoms with Crippen LogP contribution in [0.5, 0.6) is 11.5 Å². The lowest BCUT2D eigenvalue weighted by Gasteiger charge is -2.13. The van der Waals surface area contributed by atoms with Gasteiger partial charge in [0.15, 0.2) is 11.5 Å². The van der Waals surface area contributed by atoms with Gasteiger partial charge in [-0.15, -0.1) is 0 Å². The monoisotopic (exact) mass is 567 g/mol. The Balaban J connectivity index is 1.85. The second-order valence-electron chi connectivity index (χ2n) is 6.63. The van der Waals surface area contributed by atoms with Crippen LogP contribution in [-0.4, -0.2) is 48.7 Å². The summed E-state index contributed by atoms with van der Waals surface area (Å²) in [5.41, 5.74) is 1.98. The molecule has 3 rings (SSSR count). The van der Waals surface area contributed by atoms with Gasteiger partial charge in [0.2, 0.25) is 0 Å². The number of benzene rings is 2. The molecular formula is C22H18INO7S. The van der Waals surface area contributed by atoms with E-state index in [1.807, 2.05) is 41.6 Å². The fourth-order valence-corrected chi connectivity index (χ4v) is 4.32. The number of hydrogen-bond acceptors (Lipinski definition) is 8. The van der Waals surface area contributed by atoms with Crippen molar-refractivity contribution in [3.8, 4) is 11.5 Å². The zero-order chi connectivity index (χ0) is 23.4. The van der Waals surface area contributed by atoms with Crippen molar-refractivity contribution in [2.45, 2.75) is 6.92 Å². The molecule has 0 aromatic heterocycles. The van der Waals surface area contributed by atoms with E-state index in [1.165, 1.54) is 20.3 Å². The predicted octanol–water partition coefficient (Wildman–Crippen LogP) is 4.04. The molecule has 0 bridgehead atoms. The number of aryl methyl sites for hydroxylation is 1. The van der Waals surface area contributed by atoms with Crippen LogP contribution < -0.4 is 9.47 Å². The van der Waals surface area contributed by atoms with Crippen LogP contribution in [0.15, 0.2) is 41.3 Å². The molecule has 2 aromatic carbocycles. The molecule has 32 heavy (non-hydrogen) atoms. The Labute approximate surface area is 202 Å². The smallest absolute Gasteiger partial charge is 0.343 e. The molecule has 0 atom stereocenters. The Bertz CT molecular complexity index is 1130. The van der Waals surface area contributed by atoms with Gasteiger partial charge in [0.05, 0.1) is 28.3 Å². The van der Waals surface area contributed by atoms with Crippen molar-refractivity contribution < 1.29 is 33.4 Å². The first kappa shape index (κ1) is 23.8. The van der Waals surface area contributed by atoms with Crippen molar-refractivity contribution in [2.75, 3.05) is 20.8 Å². The highest BCUT2D eigenvalue weighted by atomic mass is 127. The second kappa shape index (κ2) is 10.2. The maximum Gasteiger partial charge on any atom is 0.343 e. The summed E-state index contributed by atoms with van der Waals surface area (Å²) in [6, 6.07) is 10.3. The summed E-state index contributed by atoms with van der Waals surface area (Å²) in [5, 5.41) is -0.558. The highest BCUT2D eigenvalue weighted by Gasteiger charge is 2.36. The molecule has 0 saturated carbocycles. The van der Waals surface area contributed by atoms with E-state index in [-0.39, 0.29) is 16.4 Å². The molecule has 0 unspecified atom stereocenters. The minimum Gasteiger partial charge on any atom is -0.493 e. The molecule has 2 amide bonds. The molecular weight excluding hydrogens is 549 g/mol. The van der Waals surface area contributed by atoms with Gasteiger partial charge >= 0.3 is 11.9 Å². The molecule has 0 radical (unpaired) electrons. The van der Waals surface area contributed by atoms with Crippen LogP contribution in [0.25, 0.3) is 6.08 Å². The normalized spacial score (nSPS) is 14.6. The van der Waals surface area contributed by atoms with E-state index < -0.39 is 29.6 Å². The van der Waals surface area contributed by atoms with E-state index in [0.29, 0.717) is 14.7 Å².